The highest BCUT2D eigenvalue weighted by atomic mass is 16.3. The Labute approximate surface area is 133 Å². The fourth-order valence-corrected chi connectivity index (χ4v) is 2.69. The fraction of sp³-hybridized carbons (Fsp3) is 0.647. The van der Waals surface area contributed by atoms with E-state index in [-0.39, 0.29) is 0 Å². The van der Waals surface area contributed by atoms with E-state index in [0.29, 0.717) is 32.6 Å². The monoisotopic (exact) mass is 310 g/mol. The van der Waals surface area contributed by atoms with Gasteiger partial charge >= 0.3 is 0 Å². The van der Waals surface area contributed by atoms with Crippen LogP contribution in [0.25, 0.3) is 0 Å². The minimum absolute atomic E-state index is 0.411. The topological polar surface area (TPSA) is 90.0 Å². The van der Waals surface area contributed by atoms with Crippen molar-refractivity contribution in [2.45, 2.75) is 58.6 Å². The molecule has 22 heavy (non-hydrogen) atoms. The number of rotatable bonds is 9. The Morgan fingerprint density at radius 1 is 0.955 bits per heavy atom. The van der Waals surface area contributed by atoms with Gasteiger partial charge in [-0.1, -0.05) is 18.2 Å². The summed E-state index contributed by atoms with van der Waals surface area (Å²) in [6, 6.07) is 6.08. The second-order valence-corrected chi connectivity index (χ2v) is 6.25. The van der Waals surface area contributed by atoms with Gasteiger partial charge in [0.2, 0.25) is 0 Å². The lowest BCUT2D eigenvalue weighted by Crippen LogP contribution is -2.35. The molecule has 5 heteroatoms. The molecule has 126 valence electrons. The second-order valence-electron chi connectivity index (χ2n) is 6.25. The normalized spacial score (nSPS) is 15.8. The predicted molar refractivity (Wildman–Crippen MR) is 88.4 cm³/mol. The minimum atomic E-state index is -0.445. The van der Waals surface area contributed by atoms with E-state index in [1.54, 1.807) is 20.8 Å². The lowest BCUT2D eigenvalue weighted by Gasteiger charge is -2.25. The van der Waals surface area contributed by atoms with Gasteiger partial charge < -0.3 is 21.1 Å². The van der Waals surface area contributed by atoms with Crippen molar-refractivity contribution >= 4 is 0 Å². The second kappa shape index (κ2) is 9.22. The molecule has 0 aliphatic rings. The van der Waals surface area contributed by atoms with Crippen LogP contribution in [0.5, 0.6) is 0 Å². The molecule has 1 rings (SSSR count). The Bertz CT molecular complexity index is 438. The Hall–Kier alpha value is -0.980. The van der Waals surface area contributed by atoms with Gasteiger partial charge in [-0.2, -0.15) is 0 Å². The van der Waals surface area contributed by atoms with E-state index in [2.05, 4.69) is 6.07 Å². The highest BCUT2D eigenvalue weighted by molar-refractivity contribution is 5.32. The first kappa shape index (κ1) is 19.1. The molecule has 0 radical (unpaired) electrons. The van der Waals surface area contributed by atoms with Crippen LogP contribution in [0.4, 0.5) is 0 Å². The van der Waals surface area contributed by atoms with Gasteiger partial charge in [0, 0.05) is 26.2 Å². The first-order valence-electron chi connectivity index (χ1n) is 7.89. The molecular weight excluding hydrogens is 280 g/mol. The number of nitrogens with zero attached hydrogens (tertiary/aromatic N) is 1. The SMILES string of the molecule is CC(O)Cc1cc(CN(CC(C)O)CC(C)O)ccc1CN. The number of hydrogen-bond acceptors (Lipinski definition) is 5. The van der Waals surface area contributed by atoms with Gasteiger partial charge in [-0.25, -0.2) is 0 Å². The maximum atomic E-state index is 9.62. The zero-order valence-electron chi connectivity index (χ0n) is 13.9. The number of nitrogens with two attached hydrogens (primary N) is 1. The van der Waals surface area contributed by atoms with E-state index >= 15 is 0 Å². The highest BCUT2D eigenvalue weighted by Gasteiger charge is 2.13. The zero-order valence-corrected chi connectivity index (χ0v) is 13.9. The van der Waals surface area contributed by atoms with Crippen LogP contribution in [-0.4, -0.2) is 51.6 Å². The zero-order chi connectivity index (χ0) is 16.7. The van der Waals surface area contributed by atoms with Crippen molar-refractivity contribution in [1.29, 1.82) is 0 Å². The van der Waals surface area contributed by atoms with Crippen molar-refractivity contribution in [2.75, 3.05) is 13.1 Å². The van der Waals surface area contributed by atoms with Gasteiger partial charge in [-0.05, 0) is 43.9 Å². The van der Waals surface area contributed by atoms with E-state index in [9.17, 15) is 15.3 Å². The lowest BCUT2D eigenvalue weighted by atomic mass is 9.99. The van der Waals surface area contributed by atoms with E-state index in [0.717, 1.165) is 16.7 Å². The molecule has 0 bridgehead atoms. The maximum absolute atomic E-state index is 9.62. The molecule has 0 aliphatic carbocycles. The van der Waals surface area contributed by atoms with Crippen LogP contribution >= 0.6 is 0 Å². The molecule has 0 aromatic heterocycles. The number of aliphatic hydroxyl groups excluding tert-OH is 3. The quantitative estimate of drug-likeness (QED) is 0.537. The molecule has 0 heterocycles. The van der Waals surface area contributed by atoms with Crippen molar-refractivity contribution in [3.8, 4) is 0 Å². The summed E-state index contributed by atoms with van der Waals surface area (Å²) in [5, 5.41) is 28.8. The Morgan fingerprint density at radius 2 is 1.55 bits per heavy atom. The van der Waals surface area contributed by atoms with Crippen LogP contribution in [0.2, 0.25) is 0 Å². The standard InChI is InChI=1S/C17H30N2O3/c1-12(20)6-17-7-15(4-5-16(17)8-18)11-19(9-13(2)21)10-14(3)22/h4-5,7,12-14,20-22H,6,8-11,18H2,1-3H3. The van der Waals surface area contributed by atoms with Gasteiger partial charge in [-0.3, -0.25) is 4.90 Å². The van der Waals surface area contributed by atoms with E-state index in [4.69, 9.17) is 5.73 Å². The molecule has 5 N–H and O–H groups in total. The third-order valence-electron chi connectivity index (χ3n) is 3.46. The maximum Gasteiger partial charge on any atom is 0.0639 e. The summed E-state index contributed by atoms with van der Waals surface area (Å²) in [5.74, 6) is 0. The summed E-state index contributed by atoms with van der Waals surface area (Å²) in [5.41, 5.74) is 8.95. The highest BCUT2D eigenvalue weighted by Crippen LogP contribution is 2.16. The molecule has 3 unspecified atom stereocenters. The largest absolute Gasteiger partial charge is 0.393 e. The smallest absolute Gasteiger partial charge is 0.0639 e. The van der Waals surface area contributed by atoms with Crippen molar-refractivity contribution in [3.05, 3.63) is 34.9 Å². The van der Waals surface area contributed by atoms with Crippen molar-refractivity contribution in [1.82, 2.24) is 4.90 Å². The Morgan fingerprint density at radius 3 is 2.00 bits per heavy atom. The molecule has 5 nitrogen and oxygen atoms in total. The summed E-state index contributed by atoms with van der Waals surface area (Å²) < 4.78 is 0. The van der Waals surface area contributed by atoms with Gasteiger partial charge in [0.25, 0.3) is 0 Å². The lowest BCUT2D eigenvalue weighted by molar-refractivity contribution is 0.0794. The van der Waals surface area contributed by atoms with Crippen LogP contribution in [0.3, 0.4) is 0 Å². The van der Waals surface area contributed by atoms with Crippen LogP contribution in [-0.2, 0) is 19.5 Å². The molecule has 0 fully saturated rings. The predicted octanol–water partition coefficient (Wildman–Crippen LogP) is 0.632. The van der Waals surface area contributed by atoms with Crippen LogP contribution in [0.15, 0.2) is 18.2 Å². The molecule has 1 aromatic carbocycles. The van der Waals surface area contributed by atoms with Crippen molar-refractivity contribution in [2.24, 2.45) is 5.73 Å². The fourth-order valence-electron chi connectivity index (χ4n) is 2.69. The summed E-state index contributed by atoms with van der Waals surface area (Å²) in [4.78, 5) is 2.03. The van der Waals surface area contributed by atoms with Gasteiger partial charge in [-0.15, -0.1) is 0 Å². The molecule has 0 aliphatic heterocycles. The molecule has 0 amide bonds. The Kier molecular flexibility index (Phi) is 8.00. The van der Waals surface area contributed by atoms with Gasteiger partial charge in [0.1, 0.15) is 0 Å². The Balaban J connectivity index is 2.89. The summed E-state index contributed by atoms with van der Waals surface area (Å²) in [7, 11) is 0. The molecule has 0 spiro atoms. The number of hydrogen-bond donors (Lipinski definition) is 4. The van der Waals surface area contributed by atoms with Crippen LogP contribution in [0.1, 0.15) is 37.5 Å². The number of benzene rings is 1. The number of aliphatic hydroxyl groups is 3. The van der Waals surface area contributed by atoms with Gasteiger partial charge in [0.05, 0.1) is 18.3 Å². The van der Waals surface area contributed by atoms with Crippen LogP contribution in [0, 0.1) is 0 Å². The first-order valence-corrected chi connectivity index (χ1v) is 7.89. The summed E-state index contributed by atoms with van der Waals surface area (Å²) in [6.07, 6.45) is -0.725. The summed E-state index contributed by atoms with van der Waals surface area (Å²) in [6.45, 7) is 7.36. The molecule has 1 aromatic rings. The van der Waals surface area contributed by atoms with E-state index in [1.807, 2.05) is 17.0 Å². The third-order valence-corrected chi connectivity index (χ3v) is 3.46. The molecular formula is C17H30N2O3. The first-order chi connectivity index (χ1) is 10.3. The van der Waals surface area contributed by atoms with E-state index < -0.39 is 18.3 Å². The van der Waals surface area contributed by atoms with Gasteiger partial charge in [0.15, 0.2) is 0 Å². The average Bonchev–Trinajstić information content (AvgIpc) is 2.36. The van der Waals surface area contributed by atoms with E-state index in [1.165, 1.54) is 0 Å². The molecule has 0 saturated heterocycles. The van der Waals surface area contributed by atoms with Crippen LogP contribution < -0.4 is 5.73 Å². The summed E-state index contributed by atoms with van der Waals surface area (Å²) >= 11 is 0. The van der Waals surface area contributed by atoms with Crippen molar-refractivity contribution < 1.29 is 15.3 Å². The third kappa shape index (κ3) is 6.85. The molecule has 0 saturated carbocycles. The minimum Gasteiger partial charge on any atom is -0.393 e. The average molecular weight is 310 g/mol. The molecule has 3 atom stereocenters. The van der Waals surface area contributed by atoms with Crippen molar-refractivity contribution in [3.63, 3.8) is 0 Å².